The van der Waals surface area contributed by atoms with E-state index in [1.165, 1.54) is 0 Å². The van der Waals surface area contributed by atoms with Crippen molar-refractivity contribution < 1.29 is 13.3 Å². The molecule has 12 aromatic rings. The second-order valence-corrected chi connectivity index (χ2v) is 14.4. The highest BCUT2D eigenvalue weighted by Gasteiger charge is 2.19. The first-order chi connectivity index (χ1) is 28.2. The molecule has 266 valence electrons. The van der Waals surface area contributed by atoms with Gasteiger partial charge >= 0.3 is 0 Å². The summed E-state index contributed by atoms with van der Waals surface area (Å²) in [4.78, 5) is 15.6. The van der Waals surface area contributed by atoms with Gasteiger partial charge in [0.25, 0.3) is 0 Å². The van der Waals surface area contributed by atoms with E-state index in [0.29, 0.717) is 17.5 Å². The fourth-order valence-electron chi connectivity index (χ4n) is 8.11. The third-order valence-electron chi connectivity index (χ3n) is 10.9. The minimum Gasteiger partial charge on any atom is -0.456 e. The van der Waals surface area contributed by atoms with Crippen LogP contribution in [-0.2, 0) is 0 Å². The number of hydrogen-bond acceptors (Lipinski definition) is 6. The minimum absolute atomic E-state index is 0.546. The van der Waals surface area contributed by atoms with Crippen molar-refractivity contribution in [3.05, 3.63) is 176 Å². The largest absolute Gasteiger partial charge is 0.456 e. The normalized spacial score (nSPS) is 11.9. The maximum absolute atomic E-state index is 6.43. The van der Waals surface area contributed by atoms with Crippen molar-refractivity contribution in [3.63, 3.8) is 0 Å². The predicted molar refractivity (Wildman–Crippen MR) is 229 cm³/mol. The lowest BCUT2D eigenvalue weighted by atomic mass is 9.96. The molecule has 0 aliphatic heterocycles. The van der Waals surface area contributed by atoms with Gasteiger partial charge in [0.1, 0.15) is 33.5 Å². The van der Waals surface area contributed by atoms with Crippen LogP contribution in [0.4, 0.5) is 0 Å². The van der Waals surface area contributed by atoms with Gasteiger partial charge in [-0.05, 0) is 95.1 Å². The van der Waals surface area contributed by atoms with Crippen LogP contribution in [0.1, 0.15) is 0 Å². The van der Waals surface area contributed by atoms with Gasteiger partial charge in [0, 0.05) is 49.0 Å². The lowest BCUT2D eigenvalue weighted by Crippen LogP contribution is -2.00. The molecule has 0 radical (unpaired) electrons. The number of furan rings is 3. The van der Waals surface area contributed by atoms with Crippen molar-refractivity contribution in [3.8, 4) is 56.4 Å². The smallest absolute Gasteiger partial charge is 0.164 e. The molecule has 0 N–H and O–H groups in total. The van der Waals surface area contributed by atoms with Gasteiger partial charge in [0.05, 0.1) is 0 Å². The SMILES string of the molecule is c1ccc(-c2cc(-c3ccccc3)cc(-c3nc(-c4ccc5c(c4)oc4ccccc45)nc(-c4ccc5oc6cc7c(cc6c5c4)oc4ccccc47)n3)c2)cc1. The van der Waals surface area contributed by atoms with Crippen molar-refractivity contribution in [2.75, 3.05) is 0 Å². The molecule has 57 heavy (non-hydrogen) atoms. The number of rotatable bonds is 5. The van der Waals surface area contributed by atoms with Crippen molar-refractivity contribution in [2.24, 2.45) is 0 Å². The number of nitrogens with zero attached hydrogens (tertiary/aromatic N) is 3. The molecule has 0 saturated carbocycles. The molecule has 0 saturated heterocycles. The Kier molecular flexibility index (Phi) is 6.83. The molecule has 0 fully saturated rings. The van der Waals surface area contributed by atoms with Crippen molar-refractivity contribution in [1.29, 1.82) is 0 Å². The number of aromatic nitrogens is 3. The average Bonchev–Trinajstić information content (AvgIpc) is 3.96. The molecular weight excluding hydrogens is 703 g/mol. The summed E-state index contributed by atoms with van der Waals surface area (Å²) < 4.78 is 19.0. The molecule has 4 heterocycles. The lowest BCUT2D eigenvalue weighted by Gasteiger charge is -2.12. The van der Waals surface area contributed by atoms with Gasteiger partial charge in [-0.2, -0.15) is 0 Å². The van der Waals surface area contributed by atoms with Crippen molar-refractivity contribution in [2.45, 2.75) is 0 Å². The topological polar surface area (TPSA) is 78.1 Å². The van der Waals surface area contributed by atoms with Crippen LogP contribution in [0.25, 0.3) is 122 Å². The van der Waals surface area contributed by atoms with Gasteiger partial charge in [0.15, 0.2) is 17.5 Å². The van der Waals surface area contributed by atoms with Gasteiger partial charge in [-0.15, -0.1) is 0 Å². The quantitative estimate of drug-likeness (QED) is 0.175. The Morgan fingerprint density at radius 1 is 0.228 bits per heavy atom. The first kappa shape index (κ1) is 31.5. The molecule has 0 amide bonds. The Labute approximate surface area is 325 Å². The summed E-state index contributed by atoms with van der Waals surface area (Å²) in [6, 6.07) is 60.0. The van der Waals surface area contributed by atoms with Crippen molar-refractivity contribution in [1.82, 2.24) is 15.0 Å². The summed E-state index contributed by atoms with van der Waals surface area (Å²) in [5.41, 5.74) is 11.8. The molecule has 0 spiro atoms. The van der Waals surface area contributed by atoms with E-state index >= 15 is 0 Å². The number of para-hydroxylation sites is 2. The van der Waals surface area contributed by atoms with Crippen LogP contribution in [-0.4, -0.2) is 15.0 Å². The maximum Gasteiger partial charge on any atom is 0.164 e. The number of fused-ring (bicyclic) bond motifs is 9. The van der Waals surface area contributed by atoms with E-state index in [1.54, 1.807) is 0 Å². The van der Waals surface area contributed by atoms with Crippen LogP contribution in [0.5, 0.6) is 0 Å². The lowest BCUT2D eigenvalue weighted by molar-refractivity contribution is 0.664. The fourth-order valence-corrected chi connectivity index (χ4v) is 8.11. The predicted octanol–water partition coefficient (Wildman–Crippen LogP) is 13.9. The highest BCUT2D eigenvalue weighted by molar-refractivity contribution is 6.15. The molecule has 4 aromatic heterocycles. The van der Waals surface area contributed by atoms with Gasteiger partial charge in [-0.3, -0.25) is 0 Å². The minimum atomic E-state index is 0.546. The summed E-state index contributed by atoms with van der Waals surface area (Å²) >= 11 is 0. The van der Waals surface area contributed by atoms with E-state index in [0.717, 1.165) is 105 Å². The third kappa shape index (κ3) is 5.23. The Hall–Kier alpha value is -7.83. The van der Waals surface area contributed by atoms with Gasteiger partial charge < -0.3 is 13.3 Å². The second-order valence-electron chi connectivity index (χ2n) is 14.4. The van der Waals surface area contributed by atoms with E-state index in [-0.39, 0.29) is 0 Å². The number of benzene rings is 8. The van der Waals surface area contributed by atoms with Gasteiger partial charge in [-0.1, -0.05) is 103 Å². The molecule has 8 aromatic carbocycles. The zero-order chi connectivity index (χ0) is 37.5. The van der Waals surface area contributed by atoms with Crippen LogP contribution in [0, 0.1) is 0 Å². The van der Waals surface area contributed by atoms with Crippen LogP contribution < -0.4 is 0 Å². The standard InChI is InChI=1S/C51H29N3O3/c1-3-11-30(12-4-1)34-23-35(31-13-5-2-6-14-31)25-36(24-34)51-53-49(52-50(54-51)33-19-21-39-37-15-7-9-17-43(37)55-46(39)27-33)32-20-22-45-40(26-32)42-29-47-41(28-48(42)57-45)38-16-8-10-18-44(38)56-47/h1-29H. The highest BCUT2D eigenvalue weighted by atomic mass is 16.3. The molecule has 12 rings (SSSR count). The van der Waals surface area contributed by atoms with Crippen LogP contribution in [0.3, 0.4) is 0 Å². The van der Waals surface area contributed by atoms with Gasteiger partial charge in [-0.25, -0.2) is 15.0 Å². The van der Waals surface area contributed by atoms with E-state index in [1.807, 2.05) is 66.7 Å². The molecule has 6 heteroatoms. The average molecular weight is 732 g/mol. The Bertz CT molecular complexity index is 3470. The fraction of sp³-hybridized carbons (Fsp3) is 0. The van der Waals surface area contributed by atoms with Crippen LogP contribution in [0.2, 0.25) is 0 Å². The van der Waals surface area contributed by atoms with Crippen molar-refractivity contribution >= 4 is 65.8 Å². The zero-order valence-electron chi connectivity index (χ0n) is 30.3. The first-order valence-corrected chi connectivity index (χ1v) is 18.9. The Morgan fingerprint density at radius 3 is 1.25 bits per heavy atom. The van der Waals surface area contributed by atoms with Crippen LogP contribution >= 0.6 is 0 Å². The summed E-state index contributed by atoms with van der Waals surface area (Å²) in [7, 11) is 0. The summed E-state index contributed by atoms with van der Waals surface area (Å²) in [5, 5.41) is 6.12. The second kappa shape index (κ2) is 12.3. The van der Waals surface area contributed by atoms with Gasteiger partial charge in [0.2, 0.25) is 0 Å². The maximum atomic E-state index is 6.43. The Balaban J connectivity index is 1.08. The summed E-state index contributed by atoms with van der Waals surface area (Å²) in [6.45, 7) is 0. The molecule has 6 nitrogen and oxygen atoms in total. The molecule has 0 aliphatic rings. The van der Waals surface area contributed by atoms with E-state index < -0.39 is 0 Å². The zero-order valence-corrected chi connectivity index (χ0v) is 30.3. The first-order valence-electron chi connectivity index (χ1n) is 18.9. The van der Waals surface area contributed by atoms with E-state index in [4.69, 9.17) is 28.2 Å². The molecule has 0 bridgehead atoms. The molecular formula is C51H29N3O3. The van der Waals surface area contributed by atoms with E-state index in [9.17, 15) is 0 Å². The molecule has 0 aliphatic carbocycles. The Morgan fingerprint density at radius 2 is 0.632 bits per heavy atom. The monoisotopic (exact) mass is 731 g/mol. The summed E-state index contributed by atoms with van der Waals surface area (Å²) in [5.74, 6) is 1.66. The molecule has 0 unspecified atom stereocenters. The highest BCUT2D eigenvalue weighted by Crippen LogP contribution is 2.39. The van der Waals surface area contributed by atoms with Crippen LogP contribution in [0.15, 0.2) is 189 Å². The number of hydrogen-bond donors (Lipinski definition) is 0. The third-order valence-corrected chi connectivity index (χ3v) is 10.9. The van der Waals surface area contributed by atoms with E-state index in [2.05, 4.69) is 109 Å². The molecule has 0 atom stereocenters. The summed E-state index contributed by atoms with van der Waals surface area (Å²) in [6.07, 6.45) is 0.